The van der Waals surface area contributed by atoms with Gasteiger partial charge in [0.2, 0.25) is 5.91 Å². The van der Waals surface area contributed by atoms with Gasteiger partial charge < -0.3 is 19.9 Å². The van der Waals surface area contributed by atoms with E-state index in [0.717, 1.165) is 18.7 Å². The summed E-state index contributed by atoms with van der Waals surface area (Å²) < 4.78 is 19.3. The predicted octanol–water partition coefficient (Wildman–Crippen LogP) is 3.17. The van der Waals surface area contributed by atoms with Crippen molar-refractivity contribution in [3.8, 4) is 5.75 Å². The zero-order chi connectivity index (χ0) is 25.4. The highest BCUT2D eigenvalue weighted by molar-refractivity contribution is 6.30. The summed E-state index contributed by atoms with van der Waals surface area (Å²) in [5, 5.41) is 3.38. The molecule has 1 N–H and O–H groups in total. The number of carbonyl (C=O) groups is 2. The fourth-order valence-corrected chi connectivity index (χ4v) is 4.24. The third-order valence-electron chi connectivity index (χ3n) is 5.96. The van der Waals surface area contributed by atoms with E-state index in [9.17, 15) is 14.0 Å². The Bertz CT molecular complexity index is 1010. The Morgan fingerprint density at radius 3 is 2.77 bits per heavy atom. The number of nitrogens with zero attached hydrogens (tertiary/aromatic N) is 3. The van der Waals surface area contributed by atoms with Crippen LogP contribution in [0.25, 0.3) is 0 Å². The zero-order valence-electron chi connectivity index (χ0n) is 20.6. The number of piperazine rings is 1. The average Bonchev–Trinajstić information content (AvgIpc) is 3.01. The second kappa shape index (κ2) is 12.9. The Morgan fingerprint density at radius 1 is 1.23 bits per heavy atom. The van der Waals surface area contributed by atoms with Crippen LogP contribution >= 0.6 is 11.6 Å². The molecular weight excluding hydrogens is 471 g/mol. The van der Waals surface area contributed by atoms with E-state index in [4.69, 9.17) is 16.3 Å². The smallest absolute Gasteiger partial charge is 0.260 e. The highest BCUT2D eigenvalue weighted by Crippen LogP contribution is 2.23. The molecule has 1 aliphatic heterocycles. The van der Waals surface area contributed by atoms with E-state index in [1.165, 1.54) is 6.08 Å². The van der Waals surface area contributed by atoms with Gasteiger partial charge in [-0.05, 0) is 63.4 Å². The number of hydrogen-bond donors (Lipinski definition) is 1. The molecule has 1 heterocycles. The lowest BCUT2D eigenvalue weighted by atomic mass is 10.1. The van der Waals surface area contributed by atoms with Crippen molar-refractivity contribution < 1.29 is 18.7 Å². The number of benzene rings is 1. The van der Waals surface area contributed by atoms with Gasteiger partial charge in [0.1, 0.15) is 11.6 Å². The highest BCUT2D eigenvalue weighted by atomic mass is 35.5. The van der Waals surface area contributed by atoms with Crippen LogP contribution in [0.5, 0.6) is 5.75 Å². The second-order valence-corrected chi connectivity index (χ2v) is 9.59. The van der Waals surface area contributed by atoms with Gasteiger partial charge >= 0.3 is 0 Å². The Morgan fingerprint density at radius 2 is 2.03 bits per heavy atom. The lowest BCUT2D eigenvalue weighted by Crippen LogP contribution is -2.54. The molecule has 1 aromatic carbocycles. The molecule has 1 aromatic rings. The van der Waals surface area contributed by atoms with Gasteiger partial charge in [-0.3, -0.25) is 14.5 Å². The number of hydrogen-bond acceptors (Lipinski definition) is 5. The lowest BCUT2D eigenvalue weighted by molar-refractivity contribution is -0.136. The number of carbonyl (C=O) groups excluding carboxylic acids is 2. The van der Waals surface area contributed by atoms with Gasteiger partial charge in [-0.1, -0.05) is 23.8 Å². The highest BCUT2D eigenvalue weighted by Gasteiger charge is 2.27. The van der Waals surface area contributed by atoms with Crippen molar-refractivity contribution in [1.82, 2.24) is 20.0 Å². The summed E-state index contributed by atoms with van der Waals surface area (Å²) in [6.45, 7) is 5.20. The molecule has 2 aliphatic rings. The zero-order valence-corrected chi connectivity index (χ0v) is 21.4. The Hall–Kier alpha value is -2.68. The van der Waals surface area contributed by atoms with E-state index in [1.54, 1.807) is 29.2 Å². The van der Waals surface area contributed by atoms with Gasteiger partial charge in [-0.25, -0.2) is 4.39 Å². The van der Waals surface area contributed by atoms with Crippen LogP contribution in [-0.2, 0) is 16.1 Å². The maximum Gasteiger partial charge on any atom is 0.260 e. The summed E-state index contributed by atoms with van der Waals surface area (Å²) in [5.41, 5.74) is 1.79. The van der Waals surface area contributed by atoms with Crippen LogP contribution in [-0.4, -0.2) is 86.0 Å². The quantitative estimate of drug-likeness (QED) is 0.559. The van der Waals surface area contributed by atoms with E-state index in [0.29, 0.717) is 35.8 Å². The van der Waals surface area contributed by atoms with Gasteiger partial charge in [0.25, 0.3) is 5.91 Å². The summed E-state index contributed by atoms with van der Waals surface area (Å²) in [5.74, 6) is 0.112. The largest absolute Gasteiger partial charge is 0.483 e. The SMILES string of the molecule is C[C@H]1CN(C(=O)COc2ccc(Cl)cc2CNC(=O)CN(C)C)CCN1CC1=CCC=C(F)C=C1. The minimum atomic E-state index is -0.209. The number of nitrogens with one attached hydrogen (secondary N) is 1. The maximum atomic E-state index is 13.4. The summed E-state index contributed by atoms with van der Waals surface area (Å²) in [7, 11) is 3.65. The minimum Gasteiger partial charge on any atom is -0.483 e. The molecule has 190 valence electrons. The molecule has 9 heteroatoms. The van der Waals surface area contributed by atoms with E-state index in [1.807, 2.05) is 31.1 Å². The van der Waals surface area contributed by atoms with Gasteiger partial charge in [0, 0.05) is 49.4 Å². The van der Waals surface area contributed by atoms with Crippen LogP contribution in [0.1, 0.15) is 18.9 Å². The Balaban J connectivity index is 1.51. The number of amides is 2. The van der Waals surface area contributed by atoms with Crippen molar-refractivity contribution in [1.29, 1.82) is 0 Å². The first-order valence-electron chi connectivity index (χ1n) is 11.8. The molecule has 7 nitrogen and oxygen atoms in total. The van der Waals surface area contributed by atoms with Crippen LogP contribution < -0.4 is 10.1 Å². The summed E-state index contributed by atoms with van der Waals surface area (Å²) in [6, 6.07) is 5.32. The molecule has 35 heavy (non-hydrogen) atoms. The van der Waals surface area contributed by atoms with Crippen molar-refractivity contribution in [2.75, 3.05) is 53.4 Å². The second-order valence-electron chi connectivity index (χ2n) is 9.15. The molecular formula is C26H34ClFN4O3. The normalized spacial score (nSPS) is 18.7. The first-order valence-corrected chi connectivity index (χ1v) is 12.2. The van der Waals surface area contributed by atoms with Crippen molar-refractivity contribution in [2.45, 2.75) is 25.9 Å². The van der Waals surface area contributed by atoms with Crippen LogP contribution in [0.3, 0.4) is 0 Å². The Kier molecular flexibility index (Phi) is 9.89. The average molecular weight is 505 g/mol. The molecule has 1 fully saturated rings. The molecule has 0 radical (unpaired) electrons. The van der Waals surface area contributed by atoms with Gasteiger partial charge in [0.05, 0.1) is 6.54 Å². The van der Waals surface area contributed by atoms with Gasteiger partial charge in [0.15, 0.2) is 6.61 Å². The Labute approximate surface area is 211 Å². The van der Waals surface area contributed by atoms with Crippen LogP contribution in [0, 0.1) is 0 Å². The molecule has 0 spiro atoms. The first kappa shape index (κ1) is 26.9. The van der Waals surface area contributed by atoms with E-state index >= 15 is 0 Å². The summed E-state index contributed by atoms with van der Waals surface area (Å²) in [6.07, 6.45) is 7.51. The third-order valence-corrected chi connectivity index (χ3v) is 6.20. The predicted molar refractivity (Wildman–Crippen MR) is 136 cm³/mol. The molecule has 0 bridgehead atoms. The third kappa shape index (κ3) is 8.49. The van der Waals surface area contributed by atoms with Crippen molar-refractivity contribution in [2.24, 2.45) is 0 Å². The number of halogens is 2. The lowest BCUT2D eigenvalue weighted by Gasteiger charge is -2.40. The topological polar surface area (TPSA) is 65.1 Å². The molecule has 1 atom stereocenters. The number of ether oxygens (including phenoxy) is 1. The van der Waals surface area contributed by atoms with Crippen LogP contribution in [0.15, 0.2) is 53.9 Å². The molecule has 3 rings (SSSR count). The first-order chi connectivity index (χ1) is 16.7. The fraction of sp³-hybridized carbons (Fsp3) is 0.462. The summed E-state index contributed by atoms with van der Waals surface area (Å²) >= 11 is 6.13. The van der Waals surface area contributed by atoms with Crippen LogP contribution in [0.2, 0.25) is 5.02 Å². The van der Waals surface area contributed by atoms with Gasteiger partial charge in [-0.15, -0.1) is 0 Å². The number of allylic oxidation sites excluding steroid dienone is 4. The minimum absolute atomic E-state index is 0.0890. The van der Waals surface area contributed by atoms with Crippen LogP contribution in [0.4, 0.5) is 4.39 Å². The molecule has 1 aliphatic carbocycles. The van der Waals surface area contributed by atoms with E-state index in [-0.39, 0.29) is 43.4 Å². The molecule has 2 amide bonds. The van der Waals surface area contributed by atoms with Crippen molar-refractivity contribution in [3.63, 3.8) is 0 Å². The number of rotatable bonds is 9. The molecule has 1 saturated heterocycles. The molecule has 0 saturated carbocycles. The monoisotopic (exact) mass is 504 g/mol. The number of likely N-dealkylation sites (N-methyl/N-ethyl adjacent to an activating group) is 1. The molecule has 0 aromatic heterocycles. The maximum absolute atomic E-state index is 13.4. The standard InChI is InChI=1S/C26H34ClFN4O3/c1-19-15-32(12-11-31(19)16-20-5-4-6-23(28)9-7-20)26(34)18-35-24-10-8-22(27)13-21(24)14-29-25(33)17-30(2)3/h5-10,13,19H,4,11-12,14-18H2,1-3H3,(H,29,33)/t19-/m0/s1. The van der Waals surface area contributed by atoms with Crippen molar-refractivity contribution >= 4 is 23.4 Å². The summed E-state index contributed by atoms with van der Waals surface area (Å²) in [4.78, 5) is 30.8. The van der Waals surface area contributed by atoms with E-state index in [2.05, 4.69) is 17.1 Å². The molecule has 0 unspecified atom stereocenters. The van der Waals surface area contributed by atoms with Gasteiger partial charge in [-0.2, -0.15) is 0 Å². The van der Waals surface area contributed by atoms with Crippen molar-refractivity contribution in [3.05, 3.63) is 64.5 Å². The van der Waals surface area contributed by atoms with E-state index < -0.39 is 0 Å². The fourth-order valence-electron chi connectivity index (χ4n) is 4.05.